The maximum Gasteiger partial charge on any atom is 0.223 e. The van der Waals surface area contributed by atoms with Crippen LogP contribution in [0.5, 0.6) is 0 Å². The highest BCUT2D eigenvalue weighted by Crippen LogP contribution is 2.41. The minimum absolute atomic E-state index is 0.0532. The highest BCUT2D eigenvalue weighted by atomic mass is 16.3. The zero-order chi connectivity index (χ0) is 18.1. The maximum atomic E-state index is 12.7. The largest absolute Gasteiger partial charge is 0.394 e. The third kappa shape index (κ3) is 2.90. The van der Waals surface area contributed by atoms with Gasteiger partial charge in [-0.05, 0) is 36.5 Å². The van der Waals surface area contributed by atoms with Crippen LogP contribution >= 0.6 is 0 Å². The van der Waals surface area contributed by atoms with Gasteiger partial charge in [-0.15, -0.1) is 0 Å². The Kier molecular flexibility index (Phi) is 4.29. The molecule has 4 rings (SSSR count). The summed E-state index contributed by atoms with van der Waals surface area (Å²) in [4.78, 5) is 17.9. The summed E-state index contributed by atoms with van der Waals surface area (Å²) in [5, 5.41) is 10.7. The molecule has 4 heteroatoms. The second-order valence-corrected chi connectivity index (χ2v) is 7.23. The van der Waals surface area contributed by atoms with Crippen LogP contribution in [0.25, 0.3) is 22.2 Å². The van der Waals surface area contributed by atoms with Crippen LogP contribution in [0.2, 0.25) is 0 Å². The molecule has 134 valence electrons. The number of aryl methyl sites for hydroxylation is 1. The zero-order valence-corrected chi connectivity index (χ0v) is 15.0. The third-order valence-electron chi connectivity index (χ3n) is 5.67. The number of para-hydroxylation sites is 1. The molecule has 0 unspecified atom stereocenters. The van der Waals surface area contributed by atoms with Gasteiger partial charge < -0.3 is 15.0 Å². The molecule has 0 atom stereocenters. The lowest BCUT2D eigenvalue weighted by atomic mass is 10.0. The Morgan fingerprint density at radius 1 is 1.12 bits per heavy atom. The summed E-state index contributed by atoms with van der Waals surface area (Å²) in [6.45, 7) is 0.0532. The molecule has 2 N–H and O–H groups in total. The predicted molar refractivity (Wildman–Crippen MR) is 104 cm³/mol. The molecule has 4 nitrogen and oxygen atoms in total. The Morgan fingerprint density at radius 2 is 1.81 bits per heavy atom. The van der Waals surface area contributed by atoms with E-state index in [1.165, 1.54) is 10.9 Å². The predicted octanol–water partition coefficient (Wildman–Crippen LogP) is 3.75. The third-order valence-corrected chi connectivity index (χ3v) is 5.67. The number of amides is 1. The number of fused-ring (bicyclic) bond motifs is 1. The van der Waals surface area contributed by atoms with Crippen molar-refractivity contribution in [2.24, 2.45) is 0 Å². The number of aliphatic hydroxyl groups excluding tert-OH is 1. The summed E-state index contributed by atoms with van der Waals surface area (Å²) in [5.74, 6) is 0.0980. The van der Waals surface area contributed by atoms with E-state index in [4.69, 9.17) is 0 Å². The van der Waals surface area contributed by atoms with E-state index in [2.05, 4.69) is 29.2 Å². The number of H-pyrrole nitrogens is 1. The van der Waals surface area contributed by atoms with Crippen LogP contribution < -0.4 is 0 Å². The molecule has 2 aromatic carbocycles. The number of nitrogens with zero attached hydrogens (tertiary/aromatic N) is 1. The minimum Gasteiger partial charge on any atom is -0.394 e. The number of rotatable bonds is 6. The fourth-order valence-electron chi connectivity index (χ4n) is 3.72. The van der Waals surface area contributed by atoms with E-state index in [1.54, 1.807) is 4.90 Å². The highest BCUT2D eigenvalue weighted by Gasteiger charge is 2.47. The van der Waals surface area contributed by atoms with Gasteiger partial charge in [0.25, 0.3) is 0 Å². The lowest BCUT2D eigenvalue weighted by Crippen LogP contribution is -2.41. The van der Waals surface area contributed by atoms with Crippen molar-refractivity contribution in [3.8, 4) is 11.3 Å². The lowest BCUT2D eigenvalue weighted by Gasteiger charge is -2.26. The molecule has 1 aromatic heterocycles. The van der Waals surface area contributed by atoms with E-state index in [-0.39, 0.29) is 18.1 Å². The SMILES string of the molecule is CN(C(=O)CCc1c(-c2ccccc2)[nH]c2ccccc12)C1(CO)CC1. The standard InChI is InChI=1S/C22H24N2O2/c1-24(22(15-25)13-14-22)20(26)12-11-18-17-9-5-6-10-19(17)23-21(18)16-7-3-2-4-8-16/h2-10,23,25H,11-15H2,1H3. The Morgan fingerprint density at radius 3 is 2.50 bits per heavy atom. The Balaban J connectivity index is 1.62. The number of benzene rings is 2. The first-order valence-corrected chi connectivity index (χ1v) is 9.17. The van der Waals surface area contributed by atoms with Crippen molar-refractivity contribution >= 4 is 16.8 Å². The number of hydrogen-bond donors (Lipinski definition) is 2. The van der Waals surface area contributed by atoms with Gasteiger partial charge in [-0.3, -0.25) is 4.79 Å². The van der Waals surface area contributed by atoms with E-state index in [9.17, 15) is 9.90 Å². The van der Waals surface area contributed by atoms with Crippen molar-refractivity contribution in [3.05, 3.63) is 60.2 Å². The van der Waals surface area contributed by atoms with Gasteiger partial charge in [-0.2, -0.15) is 0 Å². The summed E-state index contributed by atoms with van der Waals surface area (Å²) >= 11 is 0. The van der Waals surface area contributed by atoms with Crippen LogP contribution in [0, 0.1) is 0 Å². The van der Waals surface area contributed by atoms with Crippen molar-refractivity contribution in [2.75, 3.05) is 13.7 Å². The first-order valence-electron chi connectivity index (χ1n) is 9.17. The molecule has 1 aliphatic rings. The van der Waals surface area contributed by atoms with Gasteiger partial charge in [0.2, 0.25) is 5.91 Å². The Labute approximate surface area is 153 Å². The normalized spacial score (nSPS) is 15.2. The number of hydrogen-bond acceptors (Lipinski definition) is 2. The average molecular weight is 348 g/mol. The maximum absolute atomic E-state index is 12.7. The molecular weight excluding hydrogens is 324 g/mol. The van der Waals surface area contributed by atoms with Crippen LogP contribution in [0.4, 0.5) is 0 Å². The molecule has 1 aliphatic carbocycles. The van der Waals surface area contributed by atoms with Gasteiger partial charge >= 0.3 is 0 Å². The monoisotopic (exact) mass is 348 g/mol. The van der Waals surface area contributed by atoms with Crippen LogP contribution in [0.1, 0.15) is 24.8 Å². The van der Waals surface area contributed by atoms with Crippen LogP contribution in [0.3, 0.4) is 0 Å². The first kappa shape index (κ1) is 16.9. The van der Waals surface area contributed by atoms with Gasteiger partial charge in [0, 0.05) is 30.1 Å². The van der Waals surface area contributed by atoms with Crippen LogP contribution in [0.15, 0.2) is 54.6 Å². The van der Waals surface area contributed by atoms with Crippen molar-refractivity contribution < 1.29 is 9.90 Å². The van der Waals surface area contributed by atoms with Crippen molar-refractivity contribution in [1.29, 1.82) is 0 Å². The topological polar surface area (TPSA) is 56.3 Å². The number of aromatic nitrogens is 1. The second-order valence-electron chi connectivity index (χ2n) is 7.23. The van der Waals surface area contributed by atoms with E-state index >= 15 is 0 Å². The van der Waals surface area contributed by atoms with Crippen LogP contribution in [-0.4, -0.2) is 40.1 Å². The Bertz CT molecular complexity index is 926. The minimum atomic E-state index is -0.306. The van der Waals surface area contributed by atoms with Gasteiger partial charge in [-0.25, -0.2) is 0 Å². The van der Waals surface area contributed by atoms with Gasteiger partial charge in [0.05, 0.1) is 12.1 Å². The van der Waals surface area contributed by atoms with Crippen molar-refractivity contribution in [2.45, 2.75) is 31.2 Å². The van der Waals surface area contributed by atoms with Gasteiger partial charge in [-0.1, -0.05) is 48.5 Å². The molecular formula is C22H24N2O2. The van der Waals surface area contributed by atoms with E-state index < -0.39 is 0 Å². The fourth-order valence-corrected chi connectivity index (χ4v) is 3.72. The lowest BCUT2D eigenvalue weighted by molar-refractivity contribution is -0.133. The number of aromatic amines is 1. The molecule has 1 saturated carbocycles. The summed E-state index contributed by atoms with van der Waals surface area (Å²) in [7, 11) is 1.82. The van der Waals surface area contributed by atoms with Crippen LogP contribution in [-0.2, 0) is 11.2 Å². The average Bonchev–Trinajstić information content (AvgIpc) is 3.41. The first-order chi connectivity index (χ1) is 12.6. The molecule has 0 bridgehead atoms. The number of likely N-dealkylation sites (N-methyl/N-ethyl adjacent to an activating group) is 1. The van der Waals surface area contributed by atoms with E-state index in [0.29, 0.717) is 12.8 Å². The smallest absolute Gasteiger partial charge is 0.223 e. The second kappa shape index (κ2) is 6.61. The zero-order valence-electron chi connectivity index (χ0n) is 15.0. The summed E-state index contributed by atoms with van der Waals surface area (Å²) in [5.41, 5.74) is 4.19. The number of carbonyl (C=O) groups is 1. The Hall–Kier alpha value is -2.59. The van der Waals surface area contributed by atoms with E-state index in [0.717, 1.165) is 29.6 Å². The summed E-state index contributed by atoms with van der Waals surface area (Å²) < 4.78 is 0. The molecule has 3 aromatic rings. The molecule has 26 heavy (non-hydrogen) atoms. The fraction of sp³-hybridized carbons (Fsp3) is 0.318. The number of nitrogens with one attached hydrogen (secondary N) is 1. The van der Waals surface area contributed by atoms with Gasteiger partial charge in [0.1, 0.15) is 0 Å². The molecule has 0 saturated heterocycles. The summed E-state index contributed by atoms with van der Waals surface area (Å²) in [6.07, 6.45) is 2.92. The molecule has 0 aliphatic heterocycles. The highest BCUT2D eigenvalue weighted by molar-refractivity contribution is 5.91. The molecule has 0 spiro atoms. The van der Waals surface area contributed by atoms with E-state index in [1.807, 2.05) is 37.4 Å². The van der Waals surface area contributed by atoms with Gasteiger partial charge in [0.15, 0.2) is 0 Å². The van der Waals surface area contributed by atoms with Crippen molar-refractivity contribution in [1.82, 2.24) is 9.88 Å². The van der Waals surface area contributed by atoms with Crippen molar-refractivity contribution in [3.63, 3.8) is 0 Å². The molecule has 1 fully saturated rings. The number of aliphatic hydroxyl groups is 1. The molecule has 1 amide bonds. The molecule has 0 radical (unpaired) electrons. The quantitative estimate of drug-likeness (QED) is 0.713. The summed E-state index contributed by atoms with van der Waals surface area (Å²) in [6, 6.07) is 18.5. The molecule has 1 heterocycles. The number of carbonyl (C=O) groups excluding carboxylic acids is 1.